The van der Waals surface area contributed by atoms with Gasteiger partial charge in [-0.2, -0.15) is 4.31 Å². The van der Waals surface area contributed by atoms with Gasteiger partial charge in [0, 0.05) is 25.2 Å². The van der Waals surface area contributed by atoms with E-state index in [4.69, 9.17) is 9.47 Å². The van der Waals surface area contributed by atoms with Crippen LogP contribution >= 0.6 is 0 Å². The molecule has 1 heterocycles. The highest BCUT2D eigenvalue weighted by molar-refractivity contribution is 7.89. The van der Waals surface area contributed by atoms with Crippen molar-refractivity contribution >= 4 is 27.6 Å². The van der Waals surface area contributed by atoms with Crippen molar-refractivity contribution in [2.45, 2.75) is 50.8 Å². The summed E-state index contributed by atoms with van der Waals surface area (Å²) < 4.78 is 37.7. The second-order valence-corrected chi connectivity index (χ2v) is 8.42. The summed E-state index contributed by atoms with van der Waals surface area (Å²) in [5.74, 6) is -0.710. The van der Waals surface area contributed by atoms with Gasteiger partial charge in [0.25, 0.3) is 5.91 Å². The van der Waals surface area contributed by atoms with Crippen LogP contribution in [0.15, 0.2) is 23.1 Å². The van der Waals surface area contributed by atoms with Gasteiger partial charge in [-0.05, 0) is 44.4 Å². The second-order valence-electron chi connectivity index (χ2n) is 6.52. The van der Waals surface area contributed by atoms with Gasteiger partial charge in [-0.3, -0.25) is 9.59 Å². The molecule has 1 aliphatic rings. The first-order valence-electron chi connectivity index (χ1n) is 9.61. The third-order valence-electron chi connectivity index (χ3n) is 4.31. The maximum Gasteiger partial charge on any atom is 0.306 e. The van der Waals surface area contributed by atoms with E-state index in [1.165, 1.54) is 16.4 Å². The number of benzene rings is 1. The molecule has 0 aliphatic carbocycles. The highest BCUT2D eigenvalue weighted by Gasteiger charge is 2.30. The first kappa shape index (κ1) is 22.2. The van der Waals surface area contributed by atoms with Gasteiger partial charge < -0.3 is 14.8 Å². The summed E-state index contributed by atoms with van der Waals surface area (Å²) in [5.41, 5.74) is 0.302. The third-order valence-corrected chi connectivity index (χ3v) is 6.23. The molecule has 0 spiro atoms. The molecule has 1 amide bonds. The van der Waals surface area contributed by atoms with Gasteiger partial charge in [-0.1, -0.05) is 13.3 Å². The topological polar surface area (TPSA) is 102 Å². The lowest BCUT2D eigenvalue weighted by Crippen LogP contribution is -2.28. The smallest absolute Gasteiger partial charge is 0.306 e. The number of ether oxygens (including phenoxy) is 2. The zero-order chi connectivity index (χ0) is 20.6. The molecule has 0 unspecified atom stereocenters. The van der Waals surface area contributed by atoms with Gasteiger partial charge in [0.2, 0.25) is 10.0 Å². The number of nitrogens with one attached hydrogen (secondary N) is 1. The van der Waals surface area contributed by atoms with Crippen LogP contribution in [0.5, 0.6) is 5.75 Å². The zero-order valence-electron chi connectivity index (χ0n) is 16.4. The molecule has 156 valence electrons. The molecule has 1 aliphatic heterocycles. The molecule has 0 bridgehead atoms. The van der Waals surface area contributed by atoms with E-state index in [9.17, 15) is 18.0 Å². The second kappa shape index (κ2) is 10.4. The molecule has 1 saturated heterocycles. The van der Waals surface area contributed by atoms with Crippen molar-refractivity contribution in [2.75, 3.05) is 31.6 Å². The Balaban J connectivity index is 2.11. The standard InChI is InChI=1S/C19H28N2O6S/c1-3-5-8-19(23)27-14-18(22)20-15-9-10-16(26-4-2)17(13-15)28(24,25)21-11-6-7-12-21/h9-10,13H,3-8,11-12,14H2,1-2H3,(H,20,22). The summed E-state index contributed by atoms with van der Waals surface area (Å²) in [4.78, 5) is 23.6. The molecule has 1 N–H and O–H groups in total. The number of carbonyl (C=O) groups is 2. The number of unbranched alkanes of at least 4 members (excludes halogenated alkanes) is 1. The van der Waals surface area contributed by atoms with Crippen molar-refractivity contribution in [3.05, 3.63) is 18.2 Å². The Morgan fingerprint density at radius 3 is 2.54 bits per heavy atom. The quantitative estimate of drug-likeness (QED) is 0.593. The van der Waals surface area contributed by atoms with Gasteiger partial charge in [-0.25, -0.2) is 8.42 Å². The predicted molar refractivity (Wildman–Crippen MR) is 105 cm³/mol. The average molecular weight is 413 g/mol. The van der Waals surface area contributed by atoms with E-state index in [-0.39, 0.29) is 17.1 Å². The number of carbonyl (C=O) groups excluding carboxylic acids is 2. The minimum Gasteiger partial charge on any atom is -0.492 e. The number of amides is 1. The van der Waals surface area contributed by atoms with Crippen molar-refractivity contribution in [3.63, 3.8) is 0 Å². The molecule has 28 heavy (non-hydrogen) atoms. The van der Waals surface area contributed by atoms with Crippen LogP contribution in [0.3, 0.4) is 0 Å². The number of hydrogen-bond donors (Lipinski definition) is 1. The Morgan fingerprint density at radius 1 is 1.18 bits per heavy atom. The SMILES string of the molecule is CCCCC(=O)OCC(=O)Nc1ccc(OCC)c(S(=O)(=O)N2CCCC2)c1. The number of anilines is 1. The van der Waals surface area contributed by atoms with Crippen LogP contribution in [-0.2, 0) is 24.3 Å². The molecule has 0 radical (unpaired) electrons. The first-order chi connectivity index (χ1) is 13.4. The number of nitrogens with zero attached hydrogens (tertiary/aromatic N) is 1. The van der Waals surface area contributed by atoms with Crippen LogP contribution in [-0.4, -0.2) is 50.9 Å². The maximum atomic E-state index is 12.9. The molecule has 1 fully saturated rings. The summed E-state index contributed by atoms with van der Waals surface area (Å²) in [6, 6.07) is 4.47. The highest BCUT2D eigenvalue weighted by atomic mass is 32.2. The summed E-state index contributed by atoms with van der Waals surface area (Å²) in [5, 5.41) is 2.57. The summed E-state index contributed by atoms with van der Waals surface area (Å²) in [7, 11) is -3.71. The molecule has 1 aromatic carbocycles. The number of esters is 1. The van der Waals surface area contributed by atoms with Crippen molar-refractivity contribution in [1.82, 2.24) is 4.31 Å². The van der Waals surface area contributed by atoms with Crippen LogP contribution in [0.25, 0.3) is 0 Å². The number of sulfonamides is 1. The van der Waals surface area contributed by atoms with Gasteiger partial charge in [-0.15, -0.1) is 0 Å². The highest BCUT2D eigenvalue weighted by Crippen LogP contribution is 2.31. The Kier molecular flexibility index (Phi) is 8.25. The van der Waals surface area contributed by atoms with Gasteiger partial charge in [0.15, 0.2) is 6.61 Å². The molecular weight excluding hydrogens is 384 g/mol. The van der Waals surface area contributed by atoms with E-state index in [0.29, 0.717) is 31.8 Å². The maximum absolute atomic E-state index is 12.9. The number of rotatable bonds is 10. The van der Waals surface area contributed by atoms with Crippen molar-refractivity contribution < 1.29 is 27.5 Å². The van der Waals surface area contributed by atoms with E-state index < -0.39 is 28.5 Å². The Hall–Kier alpha value is -2.13. The minimum atomic E-state index is -3.71. The van der Waals surface area contributed by atoms with E-state index in [1.807, 2.05) is 6.92 Å². The fourth-order valence-electron chi connectivity index (χ4n) is 2.87. The molecule has 8 nitrogen and oxygen atoms in total. The van der Waals surface area contributed by atoms with E-state index in [1.54, 1.807) is 13.0 Å². The van der Waals surface area contributed by atoms with Crippen molar-refractivity contribution in [1.29, 1.82) is 0 Å². The Bertz CT molecular complexity index is 788. The minimum absolute atomic E-state index is 0.0222. The molecule has 0 aromatic heterocycles. The largest absolute Gasteiger partial charge is 0.492 e. The normalized spacial score (nSPS) is 14.6. The lowest BCUT2D eigenvalue weighted by atomic mass is 10.2. The van der Waals surface area contributed by atoms with Crippen LogP contribution < -0.4 is 10.1 Å². The molecule has 9 heteroatoms. The van der Waals surface area contributed by atoms with Crippen LogP contribution in [0.4, 0.5) is 5.69 Å². The number of hydrogen-bond acceptors (Lipinski definition) is 6. The molecule has 0 saturated carbocycles. The summed E-state index contributed by atoms with van der Waals surface area (Å²) in [6.07, 6.45) is 3.48. The van der Waals surface area contributed by atoms with Crippen molar-refractivity contribution in [3.8, 4) is 5.75 Å². The molecule has 2 rings (SSSR count). The Labute approximate surface area is 166 Å². The van der Waals surface area contributed by atoms with Crippen LogP contribution in [0, 0.1) is 0 Å². The lowest BCUT2D eigenvalue weighted by molar-refractivity contribution is -0.147. The zero-order valence-corrected chi connectivity index (χ0v) is 17.2. The predicted octanol–water partition coefficient (Wildman–Crippen LogP) is 2.54. The average Bonchev–Trinajstić information content (AvgIpc) is 3.21. The van der Waals surface area contributed by atoms with Gasteiger partial charge in [0.05, 0.1) is 6.61 Å². The summed E-state index contributed by atoms with van der Waals surface area (Å²) >= 11 is 0. The monoisotopic (exact) mass is 412 g/mol. The first-order valence-corrected chi connectivity index (χ1v) is 11.0. The molecular formula is C19H28N2O6S. The van der Waals surface area contributed by atoms with E-state index in [2.05, 4.69) is 5.32 Å². The molecule has 0 atom stereocenters. The van der Waals surface area contributed by atoms with E-state index >= 15 is 0 Å². The van der Waals surface area contributed by atoms with Crippen molar-refractivity contribution in [2.24, 2.45) is 0 Å². The van der Waals surface area contributed by atoms with E-state index in [0.717, 1.165) is 19.3 Å². The van der Waals surface area contributed by atoms with Crippen LogP contribution in [0.2, 0.25) is 0 Å². The third kappa shape index (κ3) is 5.93. The fraction of sp³-hybridized carbons (Fsp3) is 0.579. The van der Waals surface area contributed by atoms with Crippen LogP contribution in [0.1, 0.15) is 46.0 Å². The van der Waals surface area contributed by atoms with Gasteiger partial charge >= 0.3 is 5.97 Å². The summed E-state index contributed by atoms with van der Waals surface area (Å²) in [6.45, 7) is 4.58. The lowest BCUT2D eigenvalue weighted by Gasteiger charge is -2.19. The Morgan fingerprint density at radius 2 is 1.89 bits per heavy atom. The fourth-order valence-corrected chi connectivity index (χ4v) is 4.54. The van der Waals surface area contributed by atoms with Gasteiger partial charge in [0.1, 0.15) is 10.6 Å². The molecule has 1 aromatic rings.